The standard InChI is InChI=1S/C13H23N3/c1-11(2)14-8-5-6-12(3)10-13-7-9-16(4)15-13/h6-7,9,11,14H,5,8,10H2,1-4H3/b12-6-. The maximum absolute atomic E-state index is 4.37. The van der Waals surface area contributed by atoms with Gasteiger partial charge in [-0.2, -0.15) is 5.10 Å². The van der Waals surface area contributed by atoms with Crippen molar-refractivity contribution in [2.45, 2.75) is 39.7 Å². The molecule has 1 N–H and O–H groups in total. The molecule has 0 bridgehead atoms. The van der Waals surface area contributed by atoms with Crippen molar-refractivity contribution >= 4 is 0 Å². The molecule has 16 heavy (non-hydrogen) atoms. The van der Waals surface area contributed by atoms with E-state index in [1.165, 1.54) is 5.57 Å². The maximum Gasteiger partial charge on any atom is 0.0664 e. The molecule has 0 aromatic carbocycles. The van der Waals surface area contributed by atoms with Crippen LogP contribution in [0.5, 0.6) is 0 Å². The highest BCUT2D eigenvalue weighted by molar-refractivity contribution is 5.11. The fraction of sp³-hybridized carbons (Fsp3) is 0.615. The second kappa shape index (κ2) is 6.48. The largest absolute Gasteiger partial charge is 0.314 e. The van der Waals surface area contributed by atoms with E-state index in [0.717, 1.165) is 25.1 Å². The van der Waals surface area contributed by atoms with E-state index in [9.17, 15) is 0 Å². The predicted octanol–water partition coefficient (Wildman–Crippen LogP) is 2.30. The first kappa shape index (κ1) is 13.0. The van der Waals surface area contributed by atoms with E-state index in [1.54, 1.807) is 0 Å². The molecule has 0 aliphatic rings. The molecule has 0 unspecified atom stereocenters. The van der Waals surface area contributed by atoms with E-state index in [1.807, 2.05) is 17.9 Å². The molecule has 0 aliphatic heterocycles. The summed E-state index contributed by atoms with van der Waals surface area (Å²) >= 11 is 0. The lowest BCUT2D eigenvalue weighted by Crippen LogP contribution is -2.23. The number of hydrogen-bond donors (Lipinski definition) is 1. The van der Waals surface area contributed by atoms with Gasteiger partial charge < -0.3 is 5.32 Å². The first-order chi connectivity index (χ1) is 7.58. The van der Waals surface area contributed by atoms with Crippen LogP contribution in [-0.4, -0.2) is 22.4 Å². The molecule has 3 nitrogen and oxygen atoms in total. The van der Waals surface area contributed by atoms with Crippen LogP contribution in [0.25, 0.3) is 0 Å². The lowest BCUT2D eigenvalue weighted by Gasteiger charge is -2.05. The Hall–Kier alpha value is -1.09. The summed E-state index contributed by atoms with van der Waals surface area (Å²) in [4.78, 5) is 0. The van der Waals surface area contributed by atoms with Crippen LogP contribution in [0.3, 0.4) is 0 Å². The van der Waals surface area contributed by atoms with Gasteiger partial charge in [-0.05, 0) is 26.0 Å². The molecule has 3 heteroatoms. The lowest BCUT2D eigenvalue weighted by molar-refractivity contribution is 0.594. The first-order valence-corrected chi connectivity index (χ1v) is 5.95. The van der Waals surface area contributed by atoms with Crippen LogP contribution in [0, 0.1) is 0 Å². The Labute approximate surface area is 98.5 Å². The van der Waals surface area contributed by atoms with Crippen LogP contribution in [0.4, 0.5) is 0 Å². The predicted molar refractivity (Wildman–Crippen MR) is 68.4 cm³/mol. The van der Waals surface area contributed by atoms with E-state index in [0.29, 0.717) is 6.04 Å². The molecule has 90 valence electrons. The van der Waals surface area contributed by atoms with Crippen molar-refractivity contribution in [3.8, 4) is 0 Å². The Morgan fingerprint density at radius 2 is 2.31 bits per heavy atom. The second-order valence-electron chi connectivity index (χ2n) is 4.61. The van der Waals surface area contributed by atoms with Crippen molar-refractivity contribution in [2.75, 3.05) is 6.54 Å². The van der Waals surface area contributed by atoms with Crippen LogP contribution in [0.2, 0.25) is 0 Å². The van der Waals surface area contributed by atoms with Crippen molar-refractivity contribution in [2.24, 2.45) is 7.05 Å². The number of allylic oxidation sites excluding steroid dienone is 1. The van der Waals surface area contributed by atoms with E-state index in [-0.39, 0.29) is 0 Å². The van der Waals surface area contributed by atoms with E-state index in [4.69, 9.17) is 0 Å². The molecule has 0 amide bonds. The number of hydrogen-bond acceptors (Lipinski definition) is 2. The van der Waals surface area contributed by atoms with Crippen LogP contribution in [0.15, 0.2) is 23.9 Å². The Morgan fingerprint density at radius 3 is 2.88 bits per heavy atom. The number of rotatable bonds is 6. The van der Waals surface area contributed by atoms with E-state index >= 15 is 0 Å². The maximum atomic E-state index is 4.37. The Kier molecular flexibility index (Phi) is 5.26. The first-order valence-electron chi connectivity index (χ1n) is 5.95. The van der Waals surface area contributed by atoms with Gasteiger partial charge in [-0.15, -0.1) is 0 Å². The van der Waals surface area contributed by atoms with Gasteiger partial charge in [-0.3, -0.25) is 4.68 Å². The highest BCUT2D eigenvalue weighted by atomic mass is 15.2. The number of nitrogens with one attached hydrogen (secondary N) is 1. The number of aryl methyl sites for hydroxylation is 1. The minimum absolute atomic E-state index is 0.574. The Balaban J connectivity index is 2.29. The summed E-state index contributed by atoms with van der Waals surface area (Å²) in [7, 11) is 1.95. The summed E-state index contributed by atoms with van der Waals surface area (Å²) in [5.74, 6) is 0. The third kappa shape index (κ3) is 5.12. The average molecular weight is 221 g/mol. The molecule has 0 aliphatic carbocycles. The lowest BCUT2D eigenvalue weighted by atomic mass is 10.1. The minimum Gasteiger partial charge on any atom is -0.314 e. The monoisotopic (exact) mass is 221 g/mol. The highest BCUT2D eigenvalue weighted by Crippen LogP contribution is 2.05. The summed E-state index contributed by atoms with van der Waals surface area (Å²) in [5.41, 5.74) is 2.54. The summed E-state index contributed by atoms with van der Waals surface area (Å²) in [6.07, 6.45) is 6.34. The fourth-order valence-corrected chi connectivity index (χ4v) is 1.61. The summed E-state index contributed by atoms with van der Waals surface area (Å²) in [5, 5.41) is 7.77. The van der Waals surface area contributed by atoms with E-state index < -0.39 is 0 Å². The fourth-order valence-electron chi connectivity index (χ4n) is 1.61. The summed E-state index contributed by atoms with van der Waals surface area (Å²) in [6, 6.07) is 2.65. The molecule has 1 aromatic rings. The number of nitrogens with zero attached hydrogens (tertiary/aromatic N) is 2. The van der Waals surface area contributed by atoms with Crippen LogP contribution < -0.4 is 5.32 Å². The molecule has 0 atom stereocenters. The minimum atomic E-state index is 0.574. The van der Waals surface area contributed by atoms with Gasteiger partial charge in [0.1, 0.15) is 0 Å². The SMILES string of the molecule is C/C(=C/CCNC(C)C)Cc1ccn(C)n1. The van der Waals surface area contributed by atoms with Crippen molar-refractivity contribution < 1.29 is 0 Å². The van der Waals surface area contributed by atoms with Crippen molar-refractivity contribution in [1.82, 2.24) is 15.1 Å². The van der Waals surface area contributed by atoms with Gasteiger partial charge in [-0.1, -0.05) is 25.5 Å². The topological polar surface area (TPSA) is 29.9 Å². The van der Waals surface area contributed by atoms with Gasteiger partial charge in [0.15, 0.2) is 0 Å². The zero-order chi connectivity index (χ0) is 12.0. The van der Waals surface area contributed by atoms with Crippen LogP contribution in [-0.2, 0) is 13.5 Å². The zero-order valence-corrected chi connectivity index (χ0v) is 10.8. The summed E-state index contributed by atoms with van der Waals surface area (Å²) < 4.78 is 1.85. The van der Waals surface area contributed by atoms with Crippen molar-refractivity contribution in [1.29, 1.82) is 0 Å². The quantitative estimate of drug-likeness (QED) is 0.590. The zero-order valence-electron chi connectivity index (χ0n) is 10.8. The van der Waals surface area contributed by atoms with Crippen LogP contribution >= 0.6 is 0 Å². The van der Waals surface area contributed by atoms with Crippen molar-refractivity contribution in [3.05, 3.63) is 29.6 Å². The van der Waals surface area contributed by atoms with Gasteiger partial charge in [0.05, 0.1) is 5.69 Å². The van der Waals surface area contributed by atoms with E-state index in [2.05, 4.69) is 43.3 Å². The third-order valence-electron chi connectivity index (χ3n) is 2.42. The Bertz CT molecular complexity index is 337. The van der Waals surface area contributed by atoms with Gasteiger partial charge >= 0.3 is 0 Å². The molecule has 1 rings (SSSR count). The summed E-state index contributed by atoms with van der Waals surface area (Å²) in [6.45, 7) is 7.57. The molecule has 0 radical (unpaired) electrons. The van der Waals surface area contributed by atoms with Gasteiger partial charge in [-0.25, -0.2) is 0 Å². The highest BCUT2D eigenvalue weighted by Gasteiger charge is 1.98. The molecule has 0 spiro atoms. The number of aromatic nitrogens is 2. The van der Waals surface area contributed by atoms with Gasteiger partial charge in [0.25, 0.3) is 0 Å². The second-order valence-corrected chi connectivity index (χ2v) is 4.61. The average Bonchev–Trinajstić information content (AvgIpc) is 2.58. The molecular formula is C13H23N3. The van der Waals surface area contributed by atoms with Gasteiger partial charge in [0, 0.05) is 25.7 Å². The molecule has 0 saturated carbocycles. The third-order valence-corrected chi connectivity index (χ3v) is 2.42. The molecular weight excluding hydrogens is 198 g/mol. The van der Waals surface area contributed by atoms with Crippen molar-refractivity contribution in [3.63, 3.8) is 0 Å². The molecule has 0 saturated heterocycles. The molecule has 1 aromatic heterocycles. The van der Waals surface area contributed by atoms with Gasteiger partial charge in [0.2, 0.25) is 0 Å². The Morgan fingerprint density at radius 1 is 1.56 bits per heavy atom. The van der Waals surface area contributed by atoms with Crippen LogP contribution in [0.1, 0.15) is 32.9 Å². The smallest absolute Gasteiger partial charge is 0.0664 e. The normalized spacial score (nSPS) is 12.4. The molecule has 0 fully saturated rings. The molecule has 1 heterocycles.